The molecule has 1 aromatic carbocycles. The van der Waals surface area contributed by atoms with E-state index in [2.05, 4.69) is 10.3 Å². The van der Waals surface area contributed by atoms with Crippen LogP contribution in [0.2, 0.25) is 0 Å². The smallest absolute Gasteiger partial charge is 0.253 e. The summed E-state index contributed by atoms with van der Waals surface area (Å²) < 4.78 is 0. The third kappa shape index (κ3) is 2.56. The Morgan fingerprint density at radius 2 is 2.37 bits per heavy atom. The zero-order chi connectivity index (χ0) is 13.2. The number of H-pyrrole nitrogens is 1. The fourth-order valence-corrected chi connectivity index (χ4v) is 3.52. The molecular weight excluding hydrogens is 258 g/mol. The number of benzene rings is 1. The predicted molar refractivity (Wildman–Crippen MR) is 80.5 cm³/mol. The second-order valence-corrected chi connectivity index (χ2v) is 6.04. The van der Waals surface area contributed by atoms with Gasteiger partial charge in [-0.2, -0.15) is 11.8 Å². The Kier molecular flexibility index (Phi) is 3.38. The Morgan fingerprint density at radius 3 is 3.16 bits per heavy atom. The van der Waals surface area contributed by atoms with Crippen LogP contribution in [0.3, 0.4) is 0 Å². The molecule has 1 unspecified atom stereocenters. The Bertz CT molecular complexity index is 602. The van der Waals surface area contributed by atoms with E-state index in [4.69, 9.17) is 5.73 Å². The van der Waals surface area contributed by atoms with E-state index in [1.807, 2.05) is 30.0 Å². The average molecular weight is 275 g/mol. The van der Waals surface area contributed by atoms with E-state index >= 15 is 0 Å². The van der Waals surface area contributed by atoms with Crippen LogP contribution in [0.1, 0.15) is 23.2 Å². The highest BCUT2D eigenvalue weighted by Gasteiger charge is 2.18. The number of amides is 1. The van der Waals surface area contributed by atoms with Gasteiger partial charge in [0.15, 0.2) is 0 Å². The standard InChI is InChI=1S/C14H17N3OS/c15-9-3-4-11-12(7-16-13(11)6-9)14(18)17-10-2-1-5-19-8-10/h3-4,6-7,10,16H,1-2,5,8,15H2,(H,17,18). The molecule has 0 spiro atoms. The Balaban J connectivity index is 1.81. The van der Waals surface area contributed by atoms with Gasteiger partial charge in [-0.25, -0.2) is 0 Å². The summed E-state index contributed by atoms with van der Waals surface area (Å²) in [5.41, 5.74) is 8.04. The zero-order valence-electron chi connectivity index (χ0n) is 10.6. The molecule has 1 aliphatic rings. The quantitative estimate of drug-likeness (QED) is 0.737. The molecule has 1 aromatic heterocycles. The van der Waals surface area contributed by atoms with E-state index in [1.165, 1.54) is 12.2 Å². The van der Waals surface area contributed by atoms with Gasteiger partial charge in [-0.3, -0.25) is 4.79 Å². The summed E-state index contributed by atoms with van der Waals surface area (Å²) in [5.74, 6) is 2.23. The minimum absolute atomic E-state index is 0.00326. The molecule has 2 heterocycles. The lowest BCUT2D eigenvalue weighted by atomic mass is 10.1. The number of rotatable bonds is 2. The summed E-state index contributed by atoms with van der Waals surface area (Å²) >= 11 is 1.91. The fraction of sp³-hybridized carbons (Fsp3) is 0.357. The number of aromatic nitrogens is 1. The maximum Gasteiger partial charge on any atom is 0.253 e. The molecule has 5 heteroatoms. The molecule has 1 atom stereocenters. The highest BCUT2D eigenvalue weighted by Crippen LogP contribution is 2.22. The number of carbonyl (C=O) groups is 1. The van der Waals surface area contributed by atoms with Crippen LogP contribution in [0.4, 0.5) is 5.69 Å². The topological polar surface area (TPSA) is 70.9 Å². The van der Waals surface area contributed by atoms with Crippen molar-refractivity contribution in [3.63, 3.8) is 0 Å². The molecular formula is C14H17N3OS. The van der Waals surface area contributed by atoms with Crippen LogP contribution in [0.15, 0.2) is 24.4 Å². The lowest BCUT2D eigenvalue weighted by Gasteiger charge is -2.22. The van der Waals surface area contributed by atoms with Crippen LogP contribution in [0.25, 0.3) is 10.9 Å². The van der Waals surface area contributed by atoms with Crippen molar-refractivity contribution in [2.24, 2.45) is 0 Å². The Labute approximate surface area is 116 Å². The van der Waals surface area contributed by atoms with Gasteiger partial charge in [-0.1, -0.05) is 0 Å². The van der Waals surface area contributed by atoms with Crippen molar-refractivity contribution in [3.05, 3.63) is 30.0 Å². The van der Waals surface area contributed by atoms with Crippen molar-refractivity contribution in [2.45, 2.75) is 18.9 Å². The summed E-state index contributed by atoms with van der Waals surface area (Å²) in [7, 11) is 0. The molecule has 19 heavy (non-hydrogen) atoms. The average Bonchev–Trinajstić information content (AvgIpc) is 2.82. The predicted octanol–water partition coefficient (Wildman–Crippen LogP) is 2.38. The number of carbonyl (C=O) groups excluding carboxylic acids is 1. The fourth-order valence-electron chi connectivity index (χ4n) is 2.45. The molecule has 3 rings (SSSR count). The van der Waals surface area contributed by atoms with Gasteiger partial charge in [0.05, 0.1) is 5.56 Å². The first-order valence-electron chi connectivity index (χ1n) is 6.49. The molecule has 0 bridgehead atoms. The van der Waals surface area contributed by atoms with Gasteiger partial charge in [0, 0.05) is 34.6 Å². The van der Waals surface area contributed by atoms with Crippen LogP contribution in [0, 0.1) is 0 Å². The molecule has 0 radical (unpaired) electrons. The summed E-state index contributed by atoms with van der Waals surface area (Å²) in [5, 5.41) is 4.04. The summed E-state index contributed by atoms with van der Waals surface area (Å²) in [6.45, 7) is 0. The Morgan fingerprint density at radius 1 is 1.47 bits per heavy atom. The number of aromatic amines is 1. The van der Waals surface area contributed by atoms with Crippen molar-refractivity contribution < 1.29 is 4.79 Å². The second-order valence-electron chi connectivity index (χ2n) is 4.89. The van der Waals surface area contributed by atoms with E-state index in [0.717, 1.165) is 23.1 Å². The van der Waals surface area contributed by atoms with Crippen LogP contribution < -0.4 is 11.1 Å². The largest absolute Gasteiger partial charge is 0.399 e. The number of anilines is 1. The highest BCUT2D eigenvalue weighted by molar-refractivity contribution is 7.99. The van der Waals surface area contributed by atoms with Crippen molar-refractivity contribution in [1.29, 1.82) is 0 Å². The molecule has 0 aliphatic carbocycles. The van der Waals surface area contributed by atoms with Gasteiger partial charge in [0.1, 0.15) is 0 Å². The SMILES string of the molecule is Nc1ccc2c(C(=O)NC3CCCSC3)c[nH]c2c1. The first-order chi connectivity index (χ1) is 9.24. The van der Waals surface area contributed by atoms with Crippen LogP contribution in [0.5, 0.6) is 0 Å². The molecule has 1 amide bonds. The third-order valence-electron chi connectivity index (χ3n) is 3.45. The maximum absolute atomic E-state index is 12.3. The van der Waals surface area contributed by atoms with Gasteiger partial charge < -0.3 is 16.0 Å². The second kappa shape index (κ2) is 5.17. The lowest BCUT2D eigenvalue weighted by molar-refractivity contribution is 0.0940. The molecule has 4 nitrogen and oxygen atoms in total. The van der Waals surface area contributed by atoms with Gasteiger partial charge in [-0.15, -0.1) is 0 Å². The van der Waals surface area contributed by atoms with Crippen molar-refractivity contribution in [3.8, 4) is 0 Å². The van der Waals surface area contributed by atoms with E-state index < -0.39 is 0 Å². The van der Waals surface area contributed by atoms with E-state index in [-0.39, 0.29) is 5.91 Å². The van der Waals surface area contributed by atoms with E-state index in [9.17, 15) is 4.79 Å². The van der Waals surface area contributed by atoms with Gasteiger partial charge in [0.25, 0.3) is 5.91 Å². The number of nitrogens with two attached hydrogens (primary N) is 1. The molecule has 2 aromatic rings. The molecule has 1 saturated heterocycles. The molecule has 1 aliphatic heterocycles. The van der Waals surface area contributed by atoms with Gasteiger partial charge in [0.2, 0.25) is 0 Å². The summed E-state index contributed by atoms with van der Waals surface area (Å²) in [6, 6.07) is 5.86. The van der Waals surface area contributed by atoms with E-state index in [0.29, 0.717) is 17.3 Å². The van der Waals surface area contributed by atoms with Crippen LogP contribution in [-0.4, -0.2) is 28.4 Å². The minimum Gasteiger partial charge on any atom is -0.399 e. The van der Waals surface area contributed by atoms with E-state index in [1.54, 1.807) is 6.20 Å². The van der Waals surface area contributed by atoms with Gasteiger partial charge in [-0.05, 0) is 36.8 Å². The first-order valence-corrected chi connectivity index (χ1v) is 7.65. The number of hydrogen-bond donors (Lipinski definition) is 3. The monoisotopic (exact) mass is 275 g/mol. The van der Waals surface area contributed by atoms with Crippen molar-refractivity contribution in [2.75, 3.05) is 17.2 Å². The third-order valence-corrected chi connectivity index (χ3v) is 4.66. The number of hydrogen-bond acceptors (Lipinski definition) is 3. The lowest BCUT2D eigenvalue weighted by Crippen LogP contribution is -2.38. The molecule has 4 N–H and O–H groups in total. The number of nitrogen functional groups attached to an aromatic ring is 1. The number of nitrogens with one attached hydrogen (secondary N) is 2. The molecule has 100 valence electrons. The van der Waals surface area contributed by atoms with Crippen molar-refractivity contribution in [1.82, 2.24) is 10.3 Å². The molecule has 1 fully saturated rings. The highest BCUT2D eigenvalue weighted by atomic mass is 32.2. The van der Waals surface area contributed by atoms with Gasteiger partial charge >= 0.3 is 0 Å². The van der Waals surface area contributed by atoms with Crippen LogP contribution in [-0.2, 0) is 0 Å². The number of fused-ring (bicyclic) bond motifs is 1. The summed E-state index contributed by atoms with van der Waals surface area (Å²) in [6.07, 6.45) is 4.02. The maximum atomic E-state index is 12.3. The normalized spacial score (nSPS) is 19.5. The zero-order valence-corrected chi connectivity index (χ0v) is 11.4. The number of thioether (sulfide) groups is 1. The van der Waals surface area contributed by atoms with Crippen LogP contribution >= 0.6 is 11.8 Å². The Hall–Kier alpha value is -1.62. The molecule has 0 saturated carbocycles. The summed E-state index contributed by atoms with van der Waals surface area (Å²) in [4.78, 5) is 15.4. The minimum atomic E-state index is 0.00326. The van der Waals surface area contributed by atoms with Crippen molar-refractivity contribution >= 4 is 34.3 Å². The first kappa shape index (κ1) is 12.4.